The standard InChI is InChI=1S/C12H10Br2N4O/c1-15-10-6-16-9(5-17-10)12(19)18-11-7(13)3-2-4-8(11)14/h2-6H,1H3,(H,15,17)(H,18,19). The Balaban J connectivity index is 2.20. The van der Waals surface area contributed by atoms with E-state index >= 15 is 0 Å². The molecule has 1 aromatic carbocycles. The number of hydrogen-bond acceptors (Lipinski definition) is 4. The SMILES string of the molecule is CNc1cnc(C(=O)Nc2c(Br)cccc2Br)cn1. The smallest absolute Gasteiger partial charge is 0.275 e. The van der Waals surface area contributed by atoms with Crippen LogP contribution in [0.15, 0.2) is 39.5 Å². The van der Waals surface area contributed by atoms with Gasteiger partial charge in [-0.15, -0.1) is 0 Å². The fraction of sp³-hybridized carbons (Fsp3) is 0.0833. The number of carbonyl (C=O) groups is 1. The lowest BCUT2D eigenvalue weighted by Crippen LogP contribution is -2.15. The Morgan fingerprint density at radius 3 is 2.37 bits per heavy atom. The predicted octanol–water partition coefficient (Wildman–Crippen LogP) is 3.30. The first-order chi connectivity index (χ1) is 9.11. The highest BCUT2D eigenvalue weighted by atomic mass is 79.9. The topological polar surface area (TPSA) is 66.9 Å². The van der Waals surface area contributed by atoms with Gasteiger partial charge in [-0.1, -0.05) is 6.07 Å². The Bertz CT molecular complexity index is 581. The number of para-hydroxylation sites is 1. The Kier molecular flexibility index (Phi) is 4.49. The molecule has 2 rings (SSSR count). The molecule has 1 amide bonds. The zero-order chi connectivity index (χ0) is 13.8. The van der Waals surface area contributed by atoms with Crippen LogP contribution in [0.4, 0.5) is 11.5 Å². The maximum atomic E-state index is 12.0. The molecule has 19 heavy (non-hydrogen) atoms. The van der Waals surface area contributed by atoms with Crippen LogP contribution in [0.25, 0.3) is 0 Å². The average molecular weight is 386 g/mol. The van der Waals surface area contributed by atoms with Crippen LogP contribution in [0.3, 0.4) is 0 Å². The molecule has 0 radical (unpaired) electrons. The molecule has 0 fully saturated rings. The number of hydrogen-bond donors (Lipinski definition) is 2. The third-order valence-corrected chi connectivity index (χ3v) is 3.66. The summed E-state index contributed by atoms with van der Waals surface area (Å²) in [5, 5.41) is 5.62. The number of aromatic nitrogens is 2. The van der Waals surface area contributed by atoms with Crippen molar-refractivity contribution < 1.29 is 4.79 Å². The van der Waals surface area contributed by atoms with Crippen molar-refractivity contribution in [1.29, 1.82) is 0 Å². The maximum Gasteiger partial charge on any atom is 0.275 e. The molecular weight excluding hydrogens is 376 g/mol. The van der Waals surface area contributed by atoms with Crippen LogP contribution in [0.2, 0.25) is 0 Å². The Labute approximate surface area is 127 Å². The fourth-order valence-electron chi connectivity index (χ4n) is 1.37. The molecule has 1 aromatic heterocycles. The van der Waals surface area contributed by atoms with Gasteiger partial charge in [-0.3, -0.25) is 4.79 Å². The first kappa shape index (κ1) is 14.0. The van der Waals surface area contributed by atoms with Gasteiger partial charge >= 0.3 is 0 Å². The summed E-state index contributed by atoms with van der Waals surface area (Å²) in [7, 11) is 1.74. The third kappa shape index (κ3) is 3.30. The van der Waals surface area contributed by atoms with E-state index in [9.17, 15) is 4.79 Å². The number of carbonyl (C=O) groups excluding carboxylic acids is 1. The molecule has 0 aliphatic heterocycles. The van der Waals surface area contributed by atoms with Crippen LogP contribution in [0, 0.1) is 0 Å². The molecule has 0 aliphatic carbocycles. The molecule has 0 spiro atoms. The van der Waals surface area contributed by atoms with Gasteiger partial charge in [-0.25, -0.2) is 9.97 Å². The molecule has 7 heteroatoms. The van der Waals surface area contributed by atoms with E-state index < -0.39 is 0 Å². The second kappa shape index (κ2) is 6.12. The van der Waals surface area contributed by atoms with E-state index in [0.717, 1.165) is 8.95 Å². The number of rotatable bonds is 3. The van der Waals surface area contributed by atoms with Gasteiger partial charge in [0.05, 0.1) is 18.1 Å². The van der Waals surface area contributed by atoms with E-state index in [4.69, 9.17) is 0 Å². The van der Waals surface area contributed by atoms with Crippen molar-refractivity contribution in [3.63, 3.8) is 0 Å². The van der Waals surface area contributed by atoms with Crippen molar-refractivity contribution in [3.05, 3.63) is 45.2 Å². The number of nitrogens with zero attached hydrogens (tertiary/aromatic N) is 2. The monoisotopic (exact) mass is 384 g/mol. The summed E-state index contributed by atoms with van der Waals surface area (Å²) in [6.45, 7) is 0. The van der Waals surface area contributed by atoms with Gasteiger partial charge in [0.15, 0.2) is 0 Å². The highest BCUT2D eigenvalue weighted by molar-refractivity contribution is 9.11. The number of halogens is 2. The molecule has 0 atom stereocenters. The Morgan fingerprint density at radius 2 is 1.84 bits per heavy atom. The van der Waals surface area contributed by atoms with Crippen LogP contribution in [-0.2, 0) is 0 Å². The second-order valence-electron chi connectivity index (χ2n) is 3.59. The summed E-state index contributed by atoms with van der Waals surface area (Å²) in [5.41, 5.74) is 0.911. The lowest BCUT2D eigenvalue weighted by Gasteiger charge is -2.09. The average Bonchev–Trinajstić information content (AvgIpc) is 2.43. The van der Waals surface area contributed by atoms with Crippen LogP contribution >= 0.6 is 31.9 Å². The normalized spacial score (nSPS) is 10.1. The summed E-state index contributed by atoms with van der Waals surface area (Å²) in [5.74, 6) is 0.293. The van der Waals surface area contributed by atoms with Gasteiger partial charge < -0.3 is 10.6 Å². The molecule has 5 nitrogen and oxygen atoms in total. The van der Waals surface area contributed by atoms with Gasteiger partial charge in [0, 0.05) is 16.0 Å². The zero-order valence-electron chi connectivity index (χ0n) is 9.95. The van der Waals surface area contributed by atoms with Crippen LogP contribution < -0.4 is 10.6 Å². The molecule has 0 unspecified atom stereocenters. The second-order valence-corrected chi connectivity index (χ2v) is 5.30. The van der Waals surface area contributed by atoms with Crippen molar-refractivity contribution in [3.8, 4) is 0 Å². The highest BCUT2D eigenvalue weighted by Crippen LogP contribution is 2.30. The van der Waals surface area contributed by atoms with Crippen molar-refractivity contribution in [2.75, 3.05) is 17.7 Å². The Hall–Kier alpha value is -1.47. The number of anilines is 2. The van der Waals surface area contributed by atoms with Crippen molar-refractivity contribution in [2.24, 2.45) is 0 Å². The minimum Gasteiger partial charge on any atom is -0.372 e. The lowest BCUT2D eigenvalue weighted by molar-refractivity contribution is 0.102. The van der Waals surface area contributed by atoms with E-state index in [0.29, 0.717) is 11.5 Å². The van der Waals surface area contributed by atoms with Crippen LogP contribution in [0.5, 0.6) is 0 Å². The molecule has 2 aromatic rings. The molecule has 0 bridgehead atoms. The van der Waals surface area contributed by atoms with Gasteiger partial charge in [0.1, 0.15) is 11.5 Å². The molecule has 1 heterocycles. The van der Waals surface area contributed by atoms with E-state index in [1.165, 1.54) is 12.4 Å². The van der Waals surface area contributed by atoms with Gasteiger partial charge in [0.2, 0.25) is 0 Å². The first-order valence-electron chi connectivity index (χ1n) is 5.37. The Morgan fingerprint density at radius 1 is 1.16 bits per heavy atom. The zero-order valence-corrected chi connectivity index (χ0v) is 13.1. The summed E-state index contributed by atoms with van der Waals surface area (Å²) < 4.78 is 1.57. The lowest BCUT2D eigenvalue weighted by atomic mass is 10.3. The fourth-order valence-corrected chi connectivity index (χ4v) is 2.57. The van der Waals surface area contributed by atoms with Crippen molar-refractivity contribution in [1.82, 2.24) is 9.97 Å². The summed E-state index contributed by atoms with van der Waals surface area (Å²) in [6.07, 6.45) is 2.93. The molecule has 0 saturated carbocycles. The molecule has 0 aliphatic rings. The number of nitrogens with one attached hydrogen (secondary N) is 2. The summed E-state index contributed by atoms with van der Waals surface area (Å²) in [4.78, 5) is 20.1. The molecular formula is C12H10Br2N4O. The minimum atomic E-state index is -0.317. The van der Waals surface area contributed by atoms with E-state index in [2.05, 4.69) is 52.5 Å². The van der Waals surface area contributed by atoms with E-state index in [1.54, 1.807) is 7.05 Å². The minimum absolute atomic E-state index is 0.252. The van der Waals surface area contributed by atoms with E-state index in [-0.39, 0.29) is 11.6 Å². The quantitative estimate of drug-likeness (QED) is 0.850. The first-order valence-corrected chi connectivity index (χ1v) is 6.95. The summed E-state index contributed by atoms with van der Waals surface area (Å²) >= 11 is 6.76. The molecule has 0 saturated heterocycles. The van der Waals surface area contributed by atoms with Crippen molar-refractivity contribution >= 4 is 49.3 Å². The van der Waals surface area contributed by atoms with Gasteiger partial charge in [0.25, 0.3) is 5.91 Å². The highest BCUT2D eigenvalue weighted by Gasteiger charge is 2.12. The van der Waals surface area contributed by atoms with Crippen LogP contribution in [-0.4, -0.2) is 22.9 Å². The largest absolute Gasteiger partial charge is 0.372 e. The van der Waals surface area contributed by atoms with E-state index in [1.807, 2.05) is 18.2 Å². The maximum absolute atomic E-state index is 12.0. The van der Waals surface area contributed by atoms with Crippen LogP contribution in [0.1, 0.15) is 10.5 Å². The van der Waals surface area contributed by atoms with Gasteiger partial charge in [-0.2, -0.15) is 0 Å². The molecule has 2 N–H and O–H groups in total. The van der Waals surface area contributed by atoms with Gasteiger partial charge in [-0.05, 0) is 44.0 Å². The molecule has 98 valence electrons. The summed E-state index contributed by atoms with van der Waals surface area (Å²) in [6, 6.07) is 5.55. The van der Waals surface area contributed by atoms with Crippen molar-refractivity contribution in [2.45, 2.75) is 0 Å². The third-order valence-electron chi connectivity index (χ3n) is 2.34. The predicted molar refractivity (Wildman–Crippen MR) is 81.4 cm³/mol. The number of amides is 1. The number of benzene rings is 1.